The summed E-state index contributed by atoms with van der Waals surface area (Å²) in [7, 11) is 0. The summed E-state index contributed by atoms with van der Waals surface area (Å²) in [4.78, 5) is 23.2. The van der Waals surface area contributed by atoms with Crippen LogP contribution in [0, 0.1) is 5.82 Å². The lowest BCUT2D eigenvalue weighted by Crippen LogP contribution is -2.17. The molecule has 1 heterocycles. The Bertz CT molecular complexity index is 853. The number of hydrogen-bond acceptors (Lipinski definition) is 4. The van der Waals surface area contributed by atoms with E-state index in [1.54, 1.807) is 42.5 Å². The van der Waals surface area contributed by atoms with Crippen LogP contribution in [0.15, 0.2) is 51.8 Å². The number of carbonyl (C=O) groups excluding carboxylic acids is 2. The molecule has 4 nitrogen and oxygen atoms in total. The zero-order chi connectivity index (χ0) is 17.1. The summed E-state index contributed by atoms with van der Waals surface area (Å²) in [5.41, 5.74) is 1.05. The van der Waals surface area contributed by atoms with Crippen LogP contribution in [0.2, 0.25) is 0 Å². The van der Waals surface area contributed by atoms with E-state index in [0.717, 1.165) is 16.2 Å². The second kappa shape index (κ2) is 7.19. The van der Waals surface area contributed by atoms with Crippen molar-refractivity contribution in [3.63, 3.8) is 0 Å². The van der Waals surface area contributed by atoms with Crippen LogP contribution in [0.3, 0.4) is 0 Å². The number of ether oxygens (including phenoxy) is 1. The second-order valence-electron chi connectivity index (χ2n) is 4.91. The maximum absolute atomic E-state index is 13.7. The predicted octanol–water partition coefficient (Wildman–Crippen LogP) is 4.49. The normalized spacial score (nSPS) is 15.7. The van der Waals surface area contributed by atoms with Crippen LogP contribution in [0.4, 0.5) is 9.18 Å². The average Bonchev–Trinajstić information content (AvgIpc) is 2.85. The molecule has 3 rings (SSSR count). The molecular formula is C17H11BrFNO3S. The molecule has 1 N–H and O–H groups in total. The van der Waals surface area contributed by atoms with E-state index < -0.39 is 11.1 Å². The molecule has 0 atom stereocenters. The molecule has 2 aromatic carbocycles. The average molecular weight is 408 g/mol. The van der Waals surface area contributed by atoms with Gasteiger partial charge in [0.1, 0.15) is 18.2 Å². The molecule has 122 valence electrons. The fourth-order valence-corrected chi connectivity index (χ4v) is 3.15. The summed E-state index contributed by atoms with van der Waals surface area (Å²) in [6.45, 7) is 0.0583. The SMILES string of the molecule is O=C1NC(=O)C(=Cc2cc(Br)ccc2OCc2ccccc2F)S1. The van der Waals surface area contributed by atoms with Gasteiger partial charge in [0.15, 0.2) is 0 Å². The van der Waals surface area contributed by atoms with E-state index >= 15 is 0 Å². The van der Waals surface area contributed by atoms with Gasteiger partial charge in [-0.25, -0.2) is 4.39 Å². The Morgan fingerprint density at radius 3 is 2.71 bits per heavy atom. The van der Waals surface area contributed by atoms with Gasteiger partial charge in [0.25, 0.3) is 11.1 Å². The number of imide groups is 1. The van der Waals surface area contributed by atoms with Crippen molar-refractivity contribution in [1.82, 2.24) is 5.32 Å². The first-order chi connectivity index (χ1) is 11.5. The van der Waals surface area contributed by atoms with Crippen molar-refractivity contribution in [1.29, 1.82) is 0 Å². The summed E-state index contributed by atoms with van der Waals surface area (Å²) < 4.78 is 20.2. The Morgan fingerprint density at radius 1 is 1.21 bits per heavy atom. The Morgan fingerprint density at radius 2 is 2.00 bits per heavy atom. The Kier molecular flexibility index (Phi) is 5.01. The van der Waals surface area contributed by atoms with Crippen molar-refractivity contribution in [2.75, 3.05) is 0 Å². The molecule has 2 amide bonds. The third-order valence-electron chi connectivity index (χ3n) is 3.24. The maximum Gasteiger partial charge on any atom is 0.290 e. The van der Waals surface area contributed by atoms with Crippen molar-refractivity contribution in [3.8, 4) is 5.75 Å². The molecule has 1 saturated heterocycles. The van der Waals surface area contributed by atoms with Crippen molar-refractivity contribution in [3.05, 3.63) is 68.8 Å². The first-order valence-electron chi connectivity index (χ1n) is 6.93. The van der Waals surface area contributed by atoms with Crippen LogP contribution in [-0.4, -0.2) is 11.1 Å². The molecule has 0 aromatic heterocycles. The van der Waals surface area contributed by atoms with Gasteiger partial charge < -0.3 is 4.74 Å². The molecule has 0 unspecified atom stereocenters. The molecule has 7 heteroatoms. The van der Waals surface area contributed by atoms with Crippen molar-refractivity contribution >= 4 is 44.9 Å². The lowest BCUT2D eigenvalue weighted by molar-refractivity contribution is -0.115. The summed E-state index contributed by atoms with van der Waals surface area (Å²) in [5, 5.41) is 1.79. The summed E-state index contributed by atoms with van der Waals surface area (Å²) in [6, 6.07) is 11.6. The smallest absolute Gasteiger partial charge is 0.290 e. The Balaban J connectivity index is 1.86. The first-order valence-corrected chi connectivity index (χ1v) is 8.54. The van der Waals surface area contributed by atoms with Crippen LogP contribution in [-0.2, 0) is 11.4 Å². The molecule has 1 aliphatic heterocycles. The van der Waals surface area contributed by atoms with Crippen LogP contribution in [0.25, 0.3) is 6.08 Å². The number of halogens is 2. The molecule has 0 bridgehead atoms. The molecule has 0 spiro atoms. The highest BCUT2D eigenvalue weighted by Crippen LogP contribution is 2.31. The number of benzene rings is 2. The maximum atomic E-state index is 13.7. The standard InChI is InChI=1S/C17H11BrFNO3S/c18-12-5-6-14(23-9-10-3-1-2-4-13(10)19)11(7-12)8-15-16(21)20-17(22)24-15/h1-8H,9H2,(H,20,21,22). The van der Waals surface area contributed by atoms with Crippen LogP contribution in [0.5, 0.6) is 5.75 Å². The lowest BCUT2D eigenvalue weighted by atomic mass is 10.1. The summed E-state index contributed by atoms with van der Waals surface area (Å²) >= 11 is 4.19. The monoisotopic (exact) mass is 407 g/mol. The topological polar surface area (TPSA) is 55.4 Å². The van der Waals surface area contributed by atoms with Gasteiger partial charge in [0.05, 0.1) is 4.91 Å². The minimum absolute atomic E-state index is 0.0583. The first kappa shape index (κ1) is 16.7. The summed E-state index contributed by atoms with van der Waals surface area (Å²) in [6.07, 6.45) is 1.58. The van der Waals surface area contributed by atoms with E-state index in [2.05, 4.69) is 21.2 Å². The number of thioether (sulfide) groups is 1. The highest BCUT2D eigenvalue weighted by molar-refractivity contribution is 9.10. The zero-order valence-electron chi connectivity index (χ0n) is 12.2. The molecule has 0 aliphatic carbocycles. The molecule has 0 radical (unpaired) electrons. The van der Waals surface area contributed by atoms with E-state index in [0.29, 0.717) is 16.9 Å². The van der Waals surface area contributed by atoms with Gasteiger partial charge in [0.2, 0.25) is 0 Å². The number of hydrogen-bond donors (Lipinski definition) is 1. The molecule has 1 aliphatic rings. The number of carbonyl (C=O) groups is 2. The van der Waals surface area contributed by atoms with Gasteiger partial charge in [-0.15, -0.1) is 0 Å². The molecule has 0 saturated carbocycles. The fraction of sp³-hybridized carbons (Fsp3) is 0.0588. The number of rotatable bonds is 4. The predicted molar refractivity (Wildman–Crippen MR) is 94.0 cm³/mol. The van der Waals surface area contributed by atoms with Crippen LogP contribution >= 0.6 is 27.7 Å². The fourth-order valence-electron chi connectivity index (χ4n) is 2.10. The van der Waals surface area contributed by atoms with E-state index in [9.17, 15) is 14.0 Å². The van der Waals surface area contributed by atoms with Gasteiger partial charge in [-0.05, 0) is 42.1 Å². The van der Waals surface area contributed by atoms with Crippen LogP contribution in [0.1, 0.15) is 11.1 Å². The second-order valence-corrected chi connectivity index (χ2v) is 6.84. The van der Waals surface area contributed by atoms with E-state index in [1.165, 1.54) is 6.07 Å². The van der Waals surface area contributed by atoms with E-state index in [1.807, 2.05) is 0 Å². The van der Waals surface area contributed by atoms with Crippen molar-refractivity contribution in [2.45, 2.75) is 6.61 Å². The molecule has 1 fully saturated rings. The summed E-state index contributed by atoms with van der Waals surface area (Å²) in [5.74, 6) is -0.294. The van der Waals surface area contributed by atoms with Gasteiger partial charge in [0, 0.05) is 15.6 Å². The molecular weight excluding hydrogens is 397 g/mol. The third kappa shape index (κ3) is 3.85. The van der Waals surface area contributed by atoms with E-state index in [-0.39, 0.29) is 17.3 Å². The van der Waals surface area contributed by atoms with Gasteiger partial charge >= 0.3 is 0 Å². The van der Waals surface area contributed by atoms with Crippen molar-refractivity contribution in [2.24, 2.45) is 0 Å². The highest BCUT2D eigenvalue weighted by Gasteiger charge is 2.25. The highest BCUT2D eigenvalue weighted by atomic mass is 79.9. The molecule has 2 aromatic rings. The quantitative estimate of drug-likeness (QED) is 0.758. The van der Waals surface area contributed by atoms with Gasteiger partial charge in [-0.2, -0.15) is 0 Å². The largest absolute Gasteiger partial charge is 0.488 e. The number of nitrogens with one attached hydrogen (secondary N) is 1. The number of amides is 2. The third-order valence-corrected chi connectivity index (χ3v) is 4.55. The Hall–Kier alpha value is -2.12. The van der Waals surface area contributed by atoms with Crippen LogP contribution < -0.4 is 10.1 Å². The Labute approximate surface area is 150 Å². The zero-order valence-corrected chi connectivity index (χ0v) is 14.6. The van der Waals surface area contributed by atoms with Gasteiger partial charge in [-0.1, -0.05) is 34.1 Å². The van der Waals surface area contributed by atoms with Gasteiger partial charge in [-0.3, -0.25) is 14.9 Å². The molecule has 24 heavy (non-hydrogen) atoms. The van der Waals surface area contributed by atoms with E-state index in [4.69, 9.17) is 4.74 Å². The van der Waals surface area contributed by atoms with Crippen molar-refractivity contribution < 1.29 is 18.7 Å². The lowest BCUT2D eigenvalue weighted by Gasteiger charge is -2.11. The minimum atomic E-state index is -0.440. The minimum Gasteiger partial charge on any atom is -0.488 e.